The normalized spacial score (nSPS) is 11.5. The molecule has 0 atom stereocenters. The molecule has 0 spiro atoms. The van der Waals surface area contributed by atoms with Crippen molar-refractivity contribution in [2.75, 3.05) is 5.32 Å². The molecule has 1 aromatic heterocycles. The highest BCUT2D eigenvalue weighted by molar-refractivity contribution is 6.17. The average molecular weight is 436 g/mol. The lowest BCUT2D eigenvalue weighted by atomic mass is 9.99. The zero-order valence-corrected chi connectivity index (χ0v) is 18.5. The van der Waals surface area contributed by atoms with Crippen molar-refractivity contribution in [3.05, 3.63) is 121 Å². The first-order chi connectivity index (χ1) is 16.9. The second kappa shape index (κ2) is 7.50. The van der Waals surface area contributed by atoms with Crippen molar-refractivity contribution in [2.45, 2.75) is 0 Å². The van der Waals surface area contributed by atoms with Crippen LogP contribution in [0.5, 0.6) is 0 Å². The van der Waals surface area contributed by atoms with Crippen molar-refractivity contribution < 1.29 is 4.42 Å². The van der Waals surface area contributed by atoms with Gasteiger partial charge in [-0.05, 0) is 29.0 Å². The van der Waals surface area contributed by atoms with Gasteiger partial charge in [-0.15, -0.1) is 0 Å². The summed E-state index contributed by atoms with van der Waals surface area (Å²) in [6, 6.07) is 42.5. The molecule has 0 unspecified atom stereocenters. The predicted molar refractivity (Wildman–Crippen MR) is 144 cm³/mol. The molecule has 1 N–H and O–H groups in total. The molecule has 0 bridgehead atoms. The van der Waals surface area contributed by atoms with E-state index in [1.54, 1.807) is 0 Å². The number of hydrogen-bond donors (Lipinski definition) is 1. The van der Waals surface area contributed by atoms with E-state index in [0.717, 1.165) is 49.8 Å². The third-order valence-corrected chi connectivity index (χ3v) is 6.67. The van der Waals surface area contributed by atoms with Gasteiger partial charge in [0.1, 0.15) is 11.2 Å². The van der Waals surface area contributed by atoms with E-state index in [1.165, 1.54) is 16.2 Å². The number of nitrogens with one attached hydrogen (secondary N) is 1. The molecule has 160 valence electrons. The number of hydrogen-bond acceptors (Lipinski definition) is 2. The van der Waals surface area contributed by atoms with Gasteiger partial charge in [0, 0.05) is 44.0 Å². The summed E-state index contributed by atoms with van der Waals surface area (Å²) in [5.41, 5.74) is 6.21. The maximum atomic E-state index is 6.60. The highest BCUT2D eigenvalue weighted by Crippen LogP contribution is 2.41. The molecule has 0 aliphatic rings. The van der Waals surface area contributed by atoms with Gasteiger partial charge in [0.05, 0.1) is 0 Å². The molecule has 0 aliphatic carbocycles. The number of benzene rings is 6. The van der Waals surface area contributed by atoms with Crippen LogP contribution in [-0.2, 0) is 0 Å². The molecule has 0 fully saturated rings. The summed E-state index contributed by atoms with van der Waals surface area (Å²) in [7, 11) is 0. The van der Waals surface area contributed by atoms with E-state index in [2.05, 4.69) is 127 Å². The summed E-state index contributed by atoms with van der Waals surface area (Å²) in [6.07, 6.45) is 0. The zero-order chi connectivity index (χ0) is 22.5. The van der Waals surface area contributed by atoms with E-state index in [4.69, 9.17) is 4.42 Å². The molecular weight excluding hydrogens is 414 g/mol. The third-order valence-electron chi connectivity index (χ3n) is 6.67. The Bertz CT molecular complexity index is 1840. The van der Waals surface area contributed by atoms with Crippen LogP contribution in [0.1, 0.15) is 0 Å². The number of rotatable bonds is 3. The van der Waals surface area contributed by atoms with Crippen LogP contribution in [0.15, 0.2) is 126 Å². The Hall–Kier alpha value is -4.56. The van der Waals surface area contributed by atoms with Gasteiger partial charge in [-0.1, -0.05) is 103 Å². The molecule has 2 nitrogen and oxygen atoms in total. The van der Waals surface area contributed by atoms with Gasteiger partial charge in [0.15, 0.2) is 0 Å². The molecule has 7 rings (SSSR count). The molecule has 34 heavy (non-hydrogen) atoms. The van der Waals surface area contributed by atoms with E-state index in [9.17, 15) is 0 Å². The van der Waals surface area contributed by atoms with E-state index in [-0.39, 0.29) is 0 Å². The Kier molecular flexibility index (Phi) is 4.18. The van der Waals surface area contributed by atoms with Crippen LogP contribution in [0, 0.1) is 0 Å². The second-order valence-corrected chi connectivity index (χ2v) is 8.64. The fourth-order valence-electron chi connectivity index (χ4n) is 5.04. The molecular formula is C32H21NO. The first-order valence-corrected chi connectivity index (χ1v) is 11.5. The van der Waals surface area contributed by atoms with Crippen LogP contribution < -0.4 is 5.32 Å². The van der Waals surface area contributed by atoms with Crippen LogP contribution in [0.2, 0.25) is 0 Å². The lowest BCUT2D eigenvalue weighted by Crippen LogP contribution is -1.94. The molecule has 0 aliphatic heterocycles. The quantitative estimate of drug-likeness (QED) is 0.299. The molecule has 0 radical (unpaired) electrons. The summed E-state index contributed by atoms with van der Waals surface area (Å²) in [6.45, 7) is 0. The summed E-state index contributed by atoms with van der Waals surface area (Å²) >= 11 is 0. The minimum atomic E-state index is 0.918. The van der Waals surface area contributed by atoms with E-state index in [0.29, 0.717) is 0 Å². The Morgan fingerprint density at radius 1 is 0.382 bits per heavy atom. The first kappa shape index (κ1) is 19.0. The molecule has 2 heteroatoms. The fraction of sp³-hybridized carbons (Fsp3) is 0. The number of furan rings is 1. The number of fused-ring (bicyclic) bond motifs is 6. The van der Waals surface area contributed by atoms with Crippen molar-refractivity contribution in [3.8, 4) is 11.1 Å². The van der Waals surface area contributed by atoms with Gasteiger partial charge in [-0.3, -0.25) is 0 Å². The smallest absolute Gasteiger partial charge is 0.143 e. The van der Waals surface area contributed by atoms with Crippen LogP contribution in [0.25, 0.3) is 54.6 Å². The Labute approximate surface area is 197 Å². The Balaban J connectivity index is 1.44. The third kappa shape index (κ3) is 2.89. The fourth-order valence-corrected chi connectivity index (χ4v) is 5.04. The van der Waals surface area contributed by atoms with Gasteiger partial charge in [0.25, 0.3) is 0 Å². The van der Waals surface area contributed by atoms with Gasteiger partial charge in [0.2, 0.25) is 0 Å². The summed E-state index contributed by atoms with van der Waals surface area (Å²) in [5, 5.41) is 10.7. The van der Waals surface area contributed by atoms with Crippen molar-refractivity contribution in [1.82, 2.24) is 0 Å². The minimum absolute atomic E-state index is 0.918. The molecule has 6 aromatic carbocycles. The van der Waals surface area contributed by atoms with Gasteiger partial charge in [-0.25, -0.2) is 0 Å². The minimum Gasteiger partial charge on any atom is -0.455 e. The molecule has 0 amide bonds. The molecule has 7 aromatic rings. The summed E-state index contributed by atoms with van der Waals surface area (Å²) < 4.78 is 6.60. The Morgan fingerprint density at radius 2 is 0.971 bits per heavy atom. The Morgan fingerprint density at radius 3 is 1.88 bits per heavy atom. The maximum Gasteiger partial charge on any atom is 0.143 e. The van der Waals surface area contributed by atoms with Crippen molar-refractivity contribution in [1.29, 1.82) is 0 Å². The highest BCUT2D eigenvalue weighted by atomic mass is 16.3. The molecule has 1 heterocycles. The van der Waals surface area contributed by atoms with Crippen molar-refractivity contribution >= 4 is 54.9 Å². The van der Waals surface area contributed by atoms with Gasteiger partial charge < -0.3 is 9.73 Å². The van der Waals surface area contributed by atoms with E-state index >= 15 is 0 Å². The van der Waals surface area contributed by atoms with Crippen LogP contribution >= 0.6 is 0 Å². The van der Waals surface area contributed by atoms with Crippen molar-refractivity contribution in [3.63, 3.8) is 0 Å². The highest BCUT2D eigenvalue weighted by Gasteiger charge is 2.16. The molecule has 0 saturated heterocycles. The first-order valence-electron chi connectivity index (χ1n) is 11.5. The second-order valence-electron chi connectivity index (χ2n) is 8.64. The summed E-state index contributed by atoms with van der Waals surface area (Å²) in [5.74, 6) is 0. The van der Waals surface area contributed by atoms with Gasteiger partial charge >= 0.3 is 0 Å². The SMILES string of the molecule is c1ccc(-c2cccc3c2oc2c4ccccc4ccc32)c(Nc2cccc3ccccc23)c1. The summed E-state index contributed by atoms with van der Waals surface area (Å²) in [4.78, 5) is 0. The topological polar surface area (TPSA) is 25.2 Å². The van der Waals surface area contributed by atoms with Crippen LogP contribution in [-0.4, -0.2) is 0 Å². The van der Waals surface area contributed by atoms with Crippen LogP contribution in [0.3, 0.4) is 0 Å². The van der Waals surface area contributed by atoms with E-state index in [1.807, 2.05) is 0 Å². The maximum absolute atomic E-state index is 6.60. The molecule has 0 saturated carbocycles. The lowest BCUT2D eigenvalue weighted by molar-refractivity contribution is 0.674. The number of para-hydroxylation sites is 2. The van der Waals surface area contributed by atoms with E-state index < -0.39 is 0 Å². The van der Waals surface area contributed by atoms with Crippen molar-refractivity contribution in [2.24, 2.45) is 0 Å². The standard InChI is InChI=1S/C32H21NO/c1-3-12-23-21(9-1)11-7-18-29(23)33-30-17-6-5-14-25(30)26-15-8-16-27-28-20-19-22-10-2-4-13-24(22)31(28)34-32(26)27/h1-20,33H. The van der Waals surface area contributed by atoms with Gasteiger partial charge in [-0.2, -0.15) is 0 Å². The lowest BCUT2D eigenvalue weighted by Gasteiger charge is -2.14. The largest absolute Gasteiger partial charge is 0.455 e. The number of anilines is 2. The van der Waals surface area contributed by atoms with Crippen LogP contribution in [0.4, 0.5) is 11.4 Å². The zero-order valence-electron chi connectivity index (χ0n) is 18.5. The predicted octanol–water partition coefficient (Wildman–Crippen LogP) is 9.30. The monoisotopic (exact) mass is 435 g/mol. The average Bonchev–Trinajstić information content (AvgIpc) is 3.29.